The molecule has 0 bridgehead atoms. The lowest BCUT2D eigenvalue weighted by Gasteiger charge is -2.37. The Labute approximate surface area is 175 Å². The molecule has 1 N–H and O–H groups in total. The lowest BCUT2D eigenvalue weighted by Crippen LogP contribution is -2.35. The number of hydrogen-bond acceptors (Lipinski definition) is 6. The van der Waals surface area contributed by atoms with Gasteiger partial charge in [-0.25, -0.2) is 4.79 Å². The van der Waals surface area contributed by atoms with E-state index in [4.69, 9.17) is 14.5 Å². The molecule has 1 aromatic carbocycles. The second-order valence-electron chi connectivity index (χ2n) is 7.35. The summed E-state index contributed by atoms with van der Waals surface area (Å²) in [6.45, 7) is 2.46. The molecule has 1 fully saturated rings. The maximum Gasteiger partial charge on any atom is 0.347 e. The zero-order valence-electron chi connectivity index (χ0n) is 16.8. The normalized spacial score (nSPS) is 22.6. The first-order valence-corrected chi connectivity index (χ1v) is 9.66. The van der Waals surface area contributed by atoms with Gasteiger partial charge in [0.1, 0.15) is 0 Å². The van der Waals surface area contributed by atoms with Crippen molar-refractivity contribution in [2.75, 3.05) is 13.7 Å². The SMILES string of the molecule is CCOc1cc2c(cc1OC)C(c1ccn(C)c(=O)n1)=N[C@@H]1CC[C@@H](O)C[C@H]21.Cl. The van der Waals surface area contributed by atoms with Crippen LogP contribution in [0.25, 0.3) is 0 Å². The fourth-order valence-corrected chi connectivity index (χ4v) is 4.17. The fourth-order valence-electron chi connectivity index (χ4n) is 4.17. The van der Waals surface area contributed by atoms with Gasteiger partial charge in [-0.15, -0.1) is 12.4 Å². The van der Waals surface area contributed by atoms with Gasteiger partial charge in [-0.1, -0.05) is 0 Å². The summed E-state index contributed by atoms with van der Waals surface area (Å²) in [6.07, 6.45) is 3.57. The Hall–Kier alpha value is -2.38. The molecule has 1 aliphatic heterocycles. The van der Waals surface area contributed by atoms with Crippen molar-refractivity contribution in [1.82, 2.24) is 9.55 Å². The summed E-state index contributed by atoms with van der Waals surface area (Å²) in [5, 5.41) is 10.2. The molecule has 2 heterocycles. The van der Waals surface area contributed by atoms with E-state index in [2.05, 4.69) is 4.98 Å². The first-order chi connectivity index (χ1) is 13.5. The van der Waals surface area contributed by atoms with Crippen LogP contribution in [0.1, 0.15) is 48.9 Å². The number of aromatic nitrogens is 2. The minimum Gasteiger partial charge on any atom is -0.493 e. The monoisotopic (exact) mass is 419 g/mol. The number of aryl methyl sites for hydroxylation is 1. The van der Waals surface area contributed by atoms with Gasteiger partial charge in [0.25, 0.3) is 0 Å². The fraction of sp³-hybridized carbons (Fsp3) is 0.476. The first kappa shape index (κ1) is 21.3. The summed E-state index contributed by atoms with van der Waals surface area (Å²) in [4.78, 5) is 21.3. The van der Waals surface area contributed by atoms with E-state index >= 15 is 0 Å². The summed E-state index contributed by atoms with van der Waals surface area (Å²) >= 11 is 0. The molecule has 156 valence electrons. The number of halogens is 1. The van der Waals surface area contributed by atoms with E-state index in [1.807, 2.05) is 25.1 Å². The Kier molecular flexibility index (Phi) is 6.29. The average molecular weight is 420 g/mol. The lowest BCUT2D eigenvalue weighted by molar-refractivity contribution is 0.111. The number of methoxy groups -OCH3 is 1. The van der Waals surface area contributed by atoms with Gasteiger partial charge in [-0.05, 0) is 49.9 Å². The van der Waals surface area contributed by atoms with Crippen molar-refractivity contribution in [3.05, 3.63) is 51.7 Å². The Balaban J connectivity index is 0.00000240. The molecule has 2 aliphatic rings. The van der Waals surface area contributed by atoms with E-state index in [0.29, 0.717) is 35.9 Å². The predicted molar refractivity (Wildman–Crippen MR) is 113 cm³/mol. The standard InChI is InChI=1S/C21H25N3O4.ClH/c1-4-28-19-10-13-14-9-12(25)5-6-16(14)22-20(15(13)11-18(19)27-3)17-7-8-24(2)21(26)23-17;/h7-8,10-12,14,16,25H,4-6,9H2,1-3H3;1H/t12-,14-,16-;/m1./s1. The minimum absolute atomic E-state index is 0. The number of nitrogens with zero attached hydrogens (tertiary/aromatic N) is 3. The topological polar surface area (TPSA) is 85.9 Å². The quantitative estimate of drug-likeness (QED) is 0.822. The Morgan fingerprint density at radius 3 is 2.76 bits per heavy atom. The van der Waals surface area contributed by atoms with Crippen LogP contribution < -0.4 is 15.2 Å². The largest absolute Gasteiger partial charge is 0.493 e. The zero-order valence-corrected chi connectivity index (χ0v) is 17.6. The van der Waals surface area contributed by atoms with Crippen molar-refractivity contribution in [1.29, 1.82) is 0 Å². The van der Waals surface area contributed by atoms with Crippen LogP contribution in [0, 0.1) is 0 Å². The maximum atomic E-state index is 12.1. The molecular formula is C21H26ClN3O4. The summed E-state index contributed by atoms with van der Waals surface area (Å²) in [7, 11) is 3.28. The van der Waals surface area contributed by atoms with Crippen LogP contribution >= 0.6 is 12.4 Å². The summed E-state index contributed by atoms with van der Waals surface area (Å²) in [5.74, 6) is 1.41. The molecular weight excluding hydrogens is 394 g/mol. The molecule has 0 spiro atoms. The van der Waals surface area contributed by atoms with Crippen molar-refractivity contribution in [2.45, 2.75) is 44.2 Å². The molecule has 0 saturated heterocycles. The van der Waals surface area contributed by atoms with Crippen molar-refractivity contribution < 1.29 is 14.6 Å². The molecule has 3 atom stereocenters. The van der Waals surface area contributed by atoms with Gasteiger partial charge in [0, 0.05) is 24.7 Å². The Bertz CT molecular complexity index is 988. The minimum atomic E-state index is -0.328. The summed E-state index contributed by atoms with van der Waals surface area (Å²) in [6, 6.07) is 5.78. The van der Waals surface area contributed by atoms with Gasteiger partial charge < -0.3 is 19.1 Å². The van der Waals surface area contributed by atoms with E-state index in [1.165, 1.54) is 4.57 Å². The van der Waals surface area contributed by atoms with Crippen LogP contribution in [0.3, 0.4) is 0 Å². The molecule has 7 nitrogen and oxygen atoms in total. The Morgan fingerprint density at radius 2 is 2.07 bits per heavy atom. The number of aliphatic hydroxyl groups is 1. The molecule has 29 heavy (non-hydrogen) atoms. The highest BCUT2D eigenvalue weighted by Gasteiger charge is 2.37. The molecule has 0 amide bonds. The third kappa shape index (κ3) is 3.89. The van der Waals surface area contributed by atoms with Crippen molar-refractivity contribution in [3.63, 3.8) is 0 Å². The second-order valence-corrected chi connectivity index (χ2v) is 7.35. The van der Waals surface area contributed by atoms with Crippen LogP contribution in [-0.4, -0.2) is 46.2 Å². The molecule has 8 heteroatoms. The highest BCUT2D eigenvalue weighted by molar-refractivity contribution is 6.13. The molecule has 0 radical (unpaired) electrons. The van der Waals surface area contributed by atoms with E-state index in [0.717, 1.165) is 24.0 Å². The number of aliphatic imine (C=N–C) groups is 1. The Morgan fingerprint density at radius 1 is 1.28 bits per heavy atom. The molecule has 1 aliphatic carbocycles. The van der Waals surface area contributed by atoms with E-state index in [1.54, 1.807) is 20.4 Å². The highest BCUT2D eigenvalue weighted by Crippen LogP contribution is 2.44. The van der Waals surface area contributed by atoms with Crippen LogP contribution in [0.15, 0.2) is 34.2 Å². The van der Waals surface area contributed by atoms with Crippen LogP contribution in [0.4, 0.5) is 0 Å². The molecule has 0 unspecified atom stereocenters. The predicted octanol–water partition coefficient (Wildman–Crippen LogP) is 2.46. The number of ether oxygens (including phenoxy) is 2. The number of hydrogen-bond donors (Lipinski definition) is 1. The number of fused-ring (bicyclic) bond motifs is 3. The molecule has 1 saturated carbocycles. The second kappa shape index (κ2) is 8.55. The third-order valence-corrected chi connectivity index (χ3v) is 5.59. The van der Waals surface area contributed by atoms with Gasteiger partial charge in [0.2, 0.25) is 0 Å². The van der Waals surface area contributed by atoms with E-state index in [9.17, 15) is 9.90 Å². The maximum absolute atomic E-state index is 12.1. The average Bonchev–Trinajstić information content (AvgIpc) is 2.69. The zero-order chi connectivity index (χ0) is 19.8. The van der Waals surface area contributed by atoms with Gasteiger partial charge in [-0.3, -0.25) is 4.99 Å². The van der Waals surface area contributed by atoms with Crippen LogP contribution in [0.5, 0.6) is 11.5 Å². The summed E-state index contributed by atoms with van der Waals surface area (Å²) < 4.78 is 12.7. The third-order valence-electron chi connectivity index (χ3n) is 5.59. The van der Waals surface area contributed by atoms with Gasteiger partial charge in [-0.2, -0.15) is 4.98 Å². The van der Waals surface area contributed by atoms with Crippen molar-refractivity contribution >= 4 is 18.1 Å². The smallest absolute Gasteiger partial charge is 0.347 e. The summed E-state index contributed by atoms with van der Waals surface area (Å²) in [5.41, 5.74) is 2.89. The van der Waals surface area contributed by atoms with Gasteiger partial charge in [0.15, 0.2) is 11.5 Å². The van der Waals surface area contributed by atoms with Crippen molar-refractivity contribution in [2.24, 2.45) is 12.0 Å². The highest BCUT2D eigenvalue weighted by atomic mass is 35.5. The van der Waals surface area contributed by atoms with Crippen LogP contribution in [-0.2, 0) is 7.05 Å². The molecule has 1 aromatic heterocycles. The number of benzene rings is 1. The van der Waals surface area contributed by atoms with E-state index in [-0.39, 0.29) is 36.2 Å². The molecule has 2 aromatic rings. The molecule has 4 rings (SSSR count). The van der Waals surface area contributed by atoms with Crippen LogP contribution in [0.2, 0.25) is 0 Å². The number of rotatable bonds is 4. The first-order valence-electron chi connectivity index (χ1n) is 9.66. The van der Waals surface area contributed by atoms with Gasteiger partial charge in [0.05, 0.1) is 37.3 Å². The van der Waals surface area contributed by atoms with Gasteiger partial charge >= 0.3 is 5.69 Å². The lowest BCUT2D eigenvalue weighted by atomic mass is 9.74. The van der Waals surface area contributed by atoms with Crippen molar-refractivity contribution in [3.8, 4) is 11.5 Å². The number of aliphatic hydroxyl groups excluding tert-OH is 1. The van der Waals surface area contributed by atoms with E-state index < -0.39 is 0 Å².